The van der Waals surface area contributed by atoms with Crippen molar-refractivity contribution in [1.29, 1.82) is 0 Å². The maximum absolute atomic E-state index is 10.6. The van der Waals surface area contributed by atoms with E-state index in [0.717, 1.165) is 0 Å². The second-order valence-corrected chi connectivity index (χ2v) is 4.14. The lowest BCUT2D eigenvalue weighted by molar-refractivity contribution is -0.384. The maximum Gasteiger partial charge on any atom is 0.371 e. The number of rotatable bonds is 5. The highest BCUT2D eigenvalue weighted by atomic mass is 35.5. The summed E-state index contributed by atoms with van der Waals surface area (Å²) in [5.41, 5.74) is -0.145. The van der Waals surface area contributed by atoms with Crippen LogP contribution in [0.25, 0.3) is 0 Å². The van der Waals surface area contributed by atoms with E-state index in [2.05, 4.69) is 0 Å². The second kappa shape index (κ2) is 5.62. The molecule has 2 aromatic rings. The number of non-ortho nitro benzene ring substituents is 1. The molecule has 0 aliphatic rings. The minimum absolute atomic E-state index is 0.0369. The lowest BCUT2D eigenvalue weighted by Gasteiger charge is -2.05. The van der Waals surface area contributed by atoms with Gasteiger partial charge in [0.25, 0.3) is 5.69 Å². The van der Waals surface area contributed by atoms with Crippen molar-refractivity contribution >= 4 is 23.3 Å². The fourth-order valence-corrected chi connectivity index (χ4v) is 1.67. The summed E-state index contributed by atoms with van der Waals surface area (Å²) >= 11 is 5.84. The molecule has 0 unspecified atom stereocenters. The molecule has 20 heavy (non-hydrogen) atoms. The van der Waals surface area contributed by atoms with Crippen LogP contribution in [0.1, 0.15) is 16.3 Å². The summed E-state index contributed by atoms with van der Waals surface area (Å²) < 4.78 is 10.3. The number of furan rings is 1. The molecule has 2 rings (SSSR count). The van der Waals surface area contributed by atoms with Gasteiger partial charge in [-0.1, -0.05) is 11.6 Å². The first-order chi connectivity index (χ1) is 9.47. The molecule has 0 saturated heterocycles. The van der Waals surface area contributed by atoms with Crippen LogP contribution in [-0.4, -0.2) is 16.0 Å². The molecule has 0 radical (unpaired) electrons. The molecule has 8 heteroatoms. The van der Waals surface area contributed by atoms with Gasteiger partial charge in [-0.05, 0) is 18.2 Å². The zero-order valence-electron chi connectivity index (χ0n) is 9.91. The van der Waals surface area contributed by atoms with Gasteiger partial charge in [-0.3, -0.25) is 10.1 Å². The lowest BCUT2D eigenvalue weighted by Crippen LogP contribution is -1.96. The molecule has 0 saturated carbocycles. The molecular weight excluding hydrogens is 290 g/mol. The molecule has 1 heterocycles. The van der Waals surface area contributed by atoms with Crippen LogP contribution in [0, 0.1) is 10.1 Å². The SMILES string of the molecule is O=C(O)c1ccc(COc2ccc([N+](=O)[O-])cc2Cl)o1. The van der Waals surface area contributed by atoms with Crippen molar-refractivity contribution in [2.24, 2.45) is 0 Å². The third-order valence-corrected chi connectivity index (χ3v) is 2.66. The molecule has 0 spiro atoms. The second-order valence-electron chi connectivity index (χ2n) is 3.73. The van der Waals surface area contributed by atoms with Crippen LogP contribution < -0.4 is 4.74 Å². The quantitative estimate of drug-likeness (QED) is 0.672. The topological polar surface area (TPSA) is 103 Å². The molecule has 0 aliphatic carbocycles. The standard InChI is InChI=1S/C12H8ClNO6/c13-9-5-7(14(17)18)1-3-10(9)19-6-8-2-4-11(20-8)12(15)16/h1-5H,6H2,(H,15,16). The van der Waals surface area contributed by atoms with E-state index >= 15 is 0 Å². The van der Waals surface area contributed by atoms with Gasteiger partial charge in [0.15, 0.2) is 0 Å². The number of carboxylic acid groups (broad SMARTS) is 1. The van der Waals surface area contributed by atoms with Crippen LogP contribution in [-0.2, 0) is 6.61 Å². The first-order valence-corrected chi connectivity index (χ1v) is 5.74. The first-order valence-electron chi connectivity index (χ1n) is 5.36. The number of halogens is 1. The Balaban J connectivity index is 2.06. The fraction of sp³-hybridized carbons (Fsp3) is 0.0833. The van der Waals surface area contributed by atoms with Crippen LogP contribution in [0.2, 0.25) is 5.02 Å². The monoisotopic (exact) mass is 297 g/mol. The summed E-state index contributed by atoms with van der Waals surface area (Å²) in [7, 11) is 0. The van der Waals surface area contributed by atoms with E-state index in [-0.39, 0.29) is 28.8 Å². The molecule has 104 valence electrons. The van der Waals surface area contributed by atoms with Crippen LogP contribution >= 0.6 is 11.6 Å². The zero-order valence-corrected chi connectivity index (χ0v) is 10.7. The van der Waals surface area contributed by atoms with E-state index in [4.69, 9.17) is 25.9 Å². The number of nitro groups is 1. The highest BCUT2D eigenvalue weighted by Crippen LogP contribution is 2.29. The fourth-order valence-electron chi connectivity index (χ4n) is 1.44. The van der Waals surface area contributed by atoms with Gasteiger partial charge < -0.3 is 14.3 Å². The maximum atomic E-state index is 10.6. The van der Waals surface area contributed by atoms with Gasteiger partial charge in [0.1, 0.15) is 18.1 Å². The number of nitro benzene ring substituents is 1. The Kier molecular flexibility index (Phi) is 3.90. The van der Waals surface area contributed by atoms with E-state index < -0.39 is 10.9 Å². The van der Waals surface area contributed by atoms with Gasteiger partial charge in [0, 0.05) is 12.1 Å². The first kappa shape index (κ1) is 13.9. The number of ether oxygens (including phenoxy) is 1. The molecule has 0 aliphatic heterocycles. The Hall–Kier alpha value is -2.54. The number of nitrogens with zero attached hydrogens (tertiary/aromatic N) is 1. The van der Waals surface area contributed by atoms with Crippen LogP contribution in [0.3, 0.4) is 0 Å². The van der Waals surface area contributed by atoms with Crippen molar-refractivity contribution in [2.45, 2.75) is 6.61 Å². The summed E-state index contributed by atoms with van der Waals surface area (Å²) in [5.74, 6) is -0.828. The Bertz CT molecular complexity index is 666. The van der Waals surface area contributed by atoms with Crippen LogP contribution in [0.15, 0.2) is 34.7 Å². The van der Waals surface area contributed by atoms with E-state index in [0.29, 0.717) is 5.76 Å². The van der Waals surface area contributed by atoms with Crippen molar-refractivity contribution < 1.29 is 24.0 Å². The molecule has 1 aromatic carbocycles. The number of hydrogen-bond donors (Lipinski definition) is 1. The summed E-state index contributed by atoms with van der Waals surface area (Å²) in [6, 6.07) is 6.55. The number of benzene rings is 1. The average molecular weight is 298 g/mol. The summed E-state index contributed by atoms with van der Waals surface area (Å²) in [5, 5.41) is 19.3. The highest BCUT2D eigenvalue weighted by Gasteiger charge is 2.12. The predicted molar refractivity (Wildman–Crippen MR) is 68.1 cm³/mol. The van der Waals surface area contributed by atoms with Gasteiger partial charge >= 0.3 is 5.97 Å². The van der Waals surface area contributed by atoms with Gasteiger partial charge in [0.2, 0.25) is 5.76 Å². The van der Waals surface area contributed by atoms with Crippen LogP contribution in [0.5, 0.6) is 5.75 Å². The number of carboxylic acids is 1. The normalized spacial score (nSPS) is 10.2. The number of aromatic carboxylic acids is 1. The van der Waals surface area contributed by atoms with Crippen molar-refractivity contribution in [3.63, 3.8) is 0 Å². The van der Waals surface area contributed by atoms with Crippen molar-refractivity contribution in [2.75, 3.05) is 0 Å². The molecule has 0 atom stereocenters. The molecule has 0 bridgehead atoms. The van der Waals surface area contributed by atoms with Gasteiger partial charge in [-0.15, -0.1) is 0 Å². The van der Waals surface area contributed by atoms with E-state index in [1.54, 1.807) is 0 Å². The Morgan fingerprint density at radius 2 is 2.15 bits per heavy atom. The third-order valence-electron chi connectivity index (χ3n) is 2.37. The zero-order chi connectivity index (χ0) is 14.7. The van der Waals surface area contributed by atoms with Crippen LogP contribution in [0.4, 0.5) is 5.69 Å². The smallest absolute Gasteiger partial charge is 0.371 e. The summed E-state index contributed by atoms with van der Waals surface area (Å²) in [6.45, 7) is -0.0369. The molecule has 7 nitrogen and oxygen atoms in total. The lowest BCUT2D eigenvalue weighted by atomic mass is 10.3. The summed E-state index contributed by atoms with van der Waals surface area (Å²) in [4.78, 5) is 20.6. The van der Waals surface area contributed by atoms with Crippen molar-refractivity contribution in [3.8, 4) is 5.75 Å². The Labute approximate surface area is 117 Å². The van der Waals surface area contributed by atoms with E-state index in [1.807, 2.05) is 0 Å². The average Bonchev–Trinajstić information content (AvgIpc) is 2.86. The third kappa shape index (κ3) is 3.07. The van der Waals surface area contributed by atoms with Crippen molar-refractivity contribution in [1.82, 2.24) is 0 Å². The largest absolute Gasteiger partial charge is 0.484 e. The van der Waals surface area contributed by atoms with E-state index in [9.17, 15) is 14.9 Å². The highest BCUT2D eigenvalue weighted by molar-refractivity contribution is 6.32. The molecular formula is C12H8ClNO6. The number of carbonyl (C=O) groups is 1. The van der Waals surface area contributed by atoms with Gasteiger partial charge in [0.05, 0.1) is 9.95 Å². The Morgan fingerprint density at radius 3 is 2.70 bits per heavy atom. The minimum Gasteiger partial charge on any atom is -0.484 e. The number of hydrogen-bond acceptors (Lipinski definition) is 5. The molecule has 0 amide bonds. The Morgan fingerprint density at radius 1 is 1.40 bits per heavy atom. The minimum atomic E-state index is -1.18. The van der Waals surface area contributed by atoms with Gasteiger partial charge in [-0.2, -0.15) is 0 Å². The molecule has 1 aromatic heterocycles. The van der Waals surface area contributed by atoms with Gasteiger partial charge in [-0.25, -0.2) is 4.79 Å². The molecule has 0 fully saturated rings. The predicted octanol–water partition coefficient (Wildman–Crippen LogP) is 3.12. The van der Waals surface area contributed by atoms with E-state index in [1.165, 1.54) is 30.3 Å². The van der Waals surface area contributed by atoms with Crippen molar-refractivity contribution in [3.05, 3.63) is 57.0 Å². The summed E-state index contributed by atoms with van der Waals surface area (Å²) in [6.07, 6.45) is 0. The molecule has 1 N–H and O–H groups in total.